The van der Waals surface area contributed by atoms with Gasteiger partial charge in [-0.15, -0.1) is 0 Å². The van der Waals surface area contributed by atoms with Gasteiger partial charge >= 0.3 is 0 Å². The van der Waals surface area contributed by atoms with E-state index in [4.69, 9.17) is 0 Å². The van der Waals surface area contributed by atoms with E-state index < -0.39 is 28.2 Å². The zero-order valence-electron chi connectivity index (χ0n) is 16.6. The van der Waals surface area contributed by atoms with Gasteiger partial charge in [-0.05, 0) is 67.9 Å². The fraction of sp³-hybridized carbons (Fsp3) is 0.143. The zero-order valence-corrected chi connectivity index (χ0v) is 19.1. The predicted molar refractivity (Wildman–Crippen MR) is 119 cm³/mol. The monoisotopic (exact) mass is 464 g/mol. The van der Waals surface area contributed by atoms with Crippen LogP contribution >= 0.6 is 7.92 Å². The molecule has 3 rings (SSSR count). The van der Waals surface area contributed by atoms with Crippen LogP contribution < -0.4 is 15.9 Å². The molecule has 30 heavy (non-hydrogen) atoms. The van der Waals surface area contributed by atoms with Crippen LogP contribution in [0.4, 0.5) is 0 Å². The van der Waals surface area contributed by atoms with Crippen molar-refractivity contribution in [2.24, 2.45) is 0 Å². The van der Waals surface area contributed by atoms with Gasteiger partial charge in [-0.25, -0.2) is 0 Å². The van der Waals surface area contributed by atoms with E-state index in [0.29, 0.717) is 21.7 Å². The Balaban J connectivity index is 2.30. The van der Waals surface area contributed by atoms with E-state index in [9.17, 15) is 25.9 Å². The maximum Gasteiger partial charge on any atom is 0.294 e. The highest BCUT2D eigenvalue weighted by Gasteiger charge is 2.23. The first-order valence-corrected chi connectivity index (χ1v) is 13.1. The molecule has 0 heterocycles. The molecule has 0 bridgehead atoms. The summed E-state index contributed by atoms with van der Waals surface area (Å²) in [6.07, 6.45) is 0. The summed E-state index contributed by atoms with van der Waals surface area (Å²) in [4.78, 5) is -0.386. The van der Waals surface area contributed by atoms with E-state index in [1.165, 1.54) is 12.1 Å². The first-order chi connectivity index (χ1) is 13.9. The van der Waals surface area contributed by atoms with Gasteiger partial charge in [0.15, 0.2) is 0 Å². The molecule has 0 spiro atoms. The molecule has 0 amide bonds. The first kappa shape index (κ1) is 22.6. The van der Waals surface area contributed by atoms with Crippen LogP contribution in [0.15, 0.2) is 70.5 Å². The Bertz CT molecular complexity index is 1230. The topological polar surface area (TPSA) is 109 Å². The van der Waals surface area contributed by atoms with Crippen molar-refractivity contribution in [3.63, 3.8) is 0 Å². The molecule has 0 atom stereocenters. The summed E-state index contributed by atoms with van der Waals surface area (Å²) < 4.78 is 66.5. The SMILES string of the molecule is Cc1ccc(P(c2ccc(C)c(S(=O)(=O)O)c2)c2ccc(C)c(S(=O)(=O)O)c2)cc1. The van der Waals surface area contributed by atoms with Crippen LogP contribution in [-0.2, 0) is 20.2 Å². The molecule has 6 nitrogen and oxygen atoms in total. The molecule has 0 aliphatic rings. The van der Waals surface area contributed by atoms with Crippen molar-refractivity contribution in [3.8, 4) is 0 Å². The van der Waals surface area contributed by atoms with Crippen molar-refractivity contribution in [1.82, 2.24) is 0 Å². The molecule has 0 aliphatic heterocycles. The van der Waals surface area contributed by atoms with Gasteiger partial charge in [0.25, 0.3) is 20.2 Å². The molecule has 3 aromatic rings. The number of hydrogen-bond donors (Lipinski definition) is 2. The molecular formula is C21H21O6PS2. The summed E-state index contributed by atoms with van der Waals surface area (Å²) in [6, 6.07) is 17.2. The van der Waals surface area contributed by atoms with Crippen LogP contribution in [0.3, 0.4) is 0 Å². The highest BCUT2D eigenvalue weighted by Crippen LogP contribution is 2.35. The van der Waals surface area contributed by atoms with E-state index in [0.717, 1.165) is 10.9 Å². The van der Waals surface area contributed by atoms with Gasteiger partial charge in [-0.3, -0.25) is 9.11 Å². The van der Waals surface area contributed by atoms with E-state index in [-0.39, 0.29) is 9.79 Å². The Morgan fingerprint density at radius 3 is 1.33 bits per heavy atom. The lowest BCUT2D eigenvalue weighted by Gasteiger charge is -2.21. The van der Waals surface area contributed by atoms with Crippen LogP contribution in [0.25, 0.3) is 0 Å². The second-order valence-corrected chi connectivity index (χ2v) is 12.0. The Labute approximate surface area is 177 Å². The van der Waals surface area contributed by atoms with Gasteiger partial charge in [0.2, 0.25) is 0 Å². The fourth-order valence-electron chi connectivity index (χ4n) is 3.15. The maximum atomic E-state index is 11.8. The molecular weight excluding hydrogens is 443 g/mol. The number of rotatable bonds is 5. The summed E-state index contributed by atoms with van der Waals surface area (Å²) in [5.41, 5.74) is 1.85. The minimum Gasteiger partial charge on any atom is -0.282 e. The van der Waals surface area contributed by atoms with E-state index in [2.05, 4.69) is 0 Å². The molecule has 0 aliphatic carbocycles. The lowest BCUT2D eigenvalue weighted by atomic mass is 10.2. The Kier molecular flexibility index (Phi) is 6.18. The highest BCUT2D eigenvalue weighted by molar-refractivity contribution is 7.86. The van der Waals surface area contributed by atoms with Crippen LogP contribution in [0.1, 0.15) is 16.7 Å². The van der Waals surface area contributed by atoms with Crippen molar-refractivity contribution >= 4 is 44.1 Å². The van der Waals surface area contributed by atoms with Gasteiger partial charge < -0.3 is 0 Å². The van der Waals surface area contributed by atoms with Gasteiger partial charge in [-0.1, -0.05) is 54.1 Å². The summed E-state index contributed by atoms with van der Waals surface area (Å²) >= 11 is 0. The molecule has 158 valence electrons. The minimum atomic E-state index is -4.42. The average molecular weight is 465 g/mol. The Hall–Kier alpha value is -2.09. The van der Waals surface area contributed by atoms with E-state index in [1.807, 2.05) is 31.2 Å². The molecule has 0 saturated heterocycles. The smallest absolute Gasteiger partial charge is 0.282 e. The van der Waals surface area contributed by atoms with Crippen LogP contribution in [0.5, 0.6) is 0 Å². The number of aryl methyl sites for hydroxylation is 3. The van der Waals surface area contributed by atoms with E-state index in [1.54, 1.807) is 38.1 Å². The molecule has 0 aromatic heterocycles. The second-order valence-electron chi connectivity index (χ2n) is 7.02. The molecule has 3 aromatic carbocycles. The summed E-state index contributed by atoms with van der Waals surface area (Å²) in [6.45, 7) is 5.11. The van der Waals surface area contributed by atoms with Crippen molar-refractivity contribution in [3.05, 3.63) is 77.4 Å². The van der Waals surface area contributed by atoms with Crippen LogP contribution in [-0.4, -0.2) is 25.9 Å². The van der Waals surface area contributed by atoms with Gasteiger partial charge in [0.1, 0.15) is 0 Å². The third-order valence-electron chi connectivity index (χ3n) is 4.71. The van der Waals surface area contributed by atoms with Crippen molar-refractivity contribution in [1.29, 1.82) is 0 Å². The highest BCUT2D eigenvalue weighted by atomic mass is 32.2. The van der Waals surface area contributed by atoms with Gasteiger partial charge in [0, 0.05) is 0 Å². The number of hydrogen-bond acceptors (Lipinski definition) is 4. The average Bonchev–Trinajstić information content (AvgIpc) is 2.64. The predicted octanol–water partition coefficient (Wildman–Crippen LogP) is 2.86. The first-order valence-electron chi connectivity index (χ1n) is 8.91. The molecule has 0 unspecified atom stereocenters. The molecule has 0 saturated carbocycles. The lowest BCUT2D eigenvalue weighted by Crippen LogP contribution is -2.23. The van der Waals surface area contributed by atoms with Gasteiger partial charge in [-0.2, -0.15) is 16.8 Å². The fourth-order valence-corrected chi connectivity index (χ4v) is 7.13. The van der Waals surface area contributed by atoms with E-state index >= 15 is 0 Å². The molecule has 9 heteroatoms. The molecule has 2 N–H and O–H groups in total. The standard InChI is InChI=1S/C21H21O6PS2/c1-14-4-8-17(9-5-14)28(18-10-6-15(2)20(12-18)29(22,23)24)19-11-7-16(3)21(13-19)30(25,26)27/h4-13H,1-3H3,(H,22,23,24)(H,25,26,27). The minimum absolute atomic E-state index is 0.193. The molecule has 0 fully saturated rings. The quantitative estimate of drug-likeness (QED) is 0.444. The largest absolute Gasteiger partial charge is 0.294 e. The van der Waals surface area contributed by atoms with Crippen LogP contribution in [0.2, 0.25) is 0 Å². The van der Waals surface area contributed by atoms with Crippen LogP contribution in [0, 0.1) is 20.8 Å². The third kappa shape index (κ3) is 4.79. The van der Waals surface area contributed by atoms with Crippen molar-refractivity contribution < 1.29 is 25.9 Å². The Morgan fingerprint density at radius 1 is 0.600 bits per heavy atom. The van der Waals surface area contributed by atoms with Crippen molar-refractivity contribution in [2.45, 2.75) is 30.6 Å². The normalized spacial score (nSPS) is 12.3. The summed E-state index contributed by atoms with van der Waals surface area (Å²) in [5, 5.41) is 2.11. The lowest BCUT2D eigenvalue weighted by molar-refractivity contribution is 0.480. The Morgan fingerprint density at radius 2 is 0.967 bits per heavy atom. The zero-order chi connectivity index (χ0) is 22.3. The molecule has 0 radical (unpaired) electrons. The number of benzene rings is 3. The maximum absolute atomic E-state index is 11.8. The summed E-state index contributed by atoms with van der Waals surface area (Å²) in [7, 11) is -10.2. The second kappa shape index (κ2) is 8.21. The van der Waals surface area contributed by atoms with Crippen molar-refractivity contribution in [2.75, 3.05) is 0 Å². The summed E-state index contributed by atoms with van der Waals surface area (Å²) in [5.74, 6) is 0. The van der Waals surface area contributed by atoms with Gasteiger partial charge in [0.05, 0.1) is 9.79 Å². The third-order valence-corrected chi connectivity index (χ3v) is 9.10.